The van der Waals surface area contributed by atoms with Crippen molar-refractivity contribution in [2.24, 2.45) is 0 Å². The molecule has 0 saturated carbocycles. The number of rotatable bonds is 4. The summed E-state index contributed by atoms with van der Waals surface area (Å²) in [5.74, 6) is 1.06. The SMILES string of the molecule is COc1ccc(O)c(C(=O)N2CCCCC2c2ncc(-c3ccccc3)[nH]2)c1. The van der Waals surface area contributed by atoms with E-state index in [1.54, 1.807) is 17.0 Å². The van der Waals surface area contributed by atoms with Gasteiger partial charge < -0.3 is 19.7 Å². The fraction of sp³-hybridized carbons (Fsp3) is 0.273. The van der Waals surface area contributed by atoms with E-state index in [1.807, 2.05) is 36.5 Å². The minimum Gasteiger partial charge on any atom is -0.507 e. The molecule has 1 atom stereocenters. The van der Waals surface area contributed by atoms with Crippen molar-refractivity contribution in [1.29, 1.82) is 0 Å². The van der Waals surface area contributed by atoms with Gasteiger partial charge in [0, 0.05) is 6.54 Å². The highest BCUT2D eigenvalue weighted by Crippen LogP contribution is 2.34. The topological polar surface area (TPSA) is 78.5 Å². The Morgan fingerprint density at radius 1 is 1.21 bits per heavy atom. The van der Waals surface area contributed by atoms with E-state index in [0.29, 0.717) is 12.3 Å². The highest BCUT2D eigenvalue weighted by molar-refractivity contribution is 5.97. The summed E-state index contributed by atoms with van der Waals surface area (Å²) in [4.78, 5) is 23.0. The lowest BCUT2D eigenvalue weighted by Gasteiger charge is -2.34. The van der Waals surface area contributed by atoms with Crippen LogP contribution < -0.4 is 4.74 Å². The van der Waals surface area contributed by atoms with Gasteiger partial charge in [0.1, 0.15) is 17.3 Å². The van der Waals surface area contributed by atoms with Crippen LogP contribution in [0.15, 0.2) is 54.7 Å². The predicted octanol–water partition coefficient (Wildman–Crippen LogP) is 4.16. The van der Waals surface area contributed by atoms with E-state index in [1.165, 1.54) is 13.2 Å². The van der Waals surface area contributed by atoms with E-state index in [-0.39, 0.29) is 23.3 Å². The molecule has 0 bridgehead atoms. The van der Waals surface area contributed by atoms with Gasteiger partial charge in [-0.3, -0.25) is 4.79 Å². The molecule has 1 amide bonds. The molecule has 2 heterocycles. The van der Waals surface area contributed by atoms with Crippen LogP contribution in [0.4, 0.5) is 0 Å². The Bertz CT molecular complexity index is 968. The fourth-order valence-electron chi connectivity index (χ4n) is 3.70. The molecule has 0 radical (unpaired) electrons. The molecule has 1 fully saturated rings. The number of aromatic amines is 1. The maximum Gasteiger partial charge on any atom is 0.258 e. The Morgan fingerprint density at radius 3 is 2.82 bits per heavy atom. The number of amides is 1. The second-order valence-corrected chi connectivity index (χ2v) is 6.94. The number of aromatic hydroxyl groups is 1. The first-order valence-electron chi connectivity index (χ1n) is 9.45. The summed E-state index contributed by atoms with van der Waals surface area (Å²) in [5.41, 5.74) is 2.24. The van der Waals surface area contributed by atoms with Crippen molar-refractivity contribution in [2.75, 3.05) is 13.7 Å². The second-order valence-electron chi connectivity index (χ2n) is 6.94. The molecule has 1 unspecified atom stereocenters. The zero-order valence-electron chi connectivity index (χ0n) is 15.8. The molecule has 2 N–H and O–H groups in total. The Kier molecular flexibility index (Phi) is 5.02. The number of piperidine rings is 1. The summed E-state index contributed by atoms with van der Waals surface area (Å²) >= 11 is 0. The summed E-state index contributed by atoms with van der Waals surface area (Å²) in [6.45, 7) is 0.627. The Hall–Kier alpha value is -3.28. The molecule has 1 aromatic heterocycles. The smallest absolute Gasteiger partial charge is 0.258 e. The number of hydrogen-bond acceptors (Lipinski definition) is 4. The molecule has 4 rings (SSSR count). The molecule has 1 saturated heterocycles. The van der Waals surface area contributed by atoms with E-state index in [4.69, 9.17) is 4.74 Å². The molecule has 2 aromatic carbocycles. The monoisotopic (exact) mass is 377 g/mol. The summed E-state index contributed by atoms with van der Waals surface area (Å²) < 4.78 is 5.21. The first-order chi connectivity index (χ1) is 13.7. The van der Waals surface area contributed by atoms with E-state index in [2.05, 4.69) is 9.97 Å². The lowest BCUT2D eigenvalue weighted by Crippen LogP contribution is -2.39. The van der Waals surface area contributed by atoms with Crippen LogP contribution >= 0.6 is 0 Å². The van der Waals surface area contributed by atoms with Crippen LogP contribution in [0, 0.1) is 0 Å². The van der Waals surface area contributed by atoms with Gasteiger partial charge in [-0.1, -0.05) is 30.3 Å². The highest BCUT2D eigenvalue weighted by atomic mass is 16.5. The van der Waals surface area contributed by atoms with E-state index >= 15 is 0 Å². The number of hydrogen-bond donors (Lipinski definition) is 2. The third kappa shape index (κ3) is 3.45. The van der Waals surface area contributed by atoms with Gasteiger partial charge in [-0.25, -0.2) is 4.98 Å². The number of ether oxygens (including phenoxy) is 1. The molecule has 6 heteroatoms. The molecule has 144 valence electrons. The molecular weight excluding hydrogens is 354 g/mol. The number of aromatic nitrogens is 2. The zero-order valence-corrected chi connectivity index (χ0v) is 15.8. The van der Waals surface area contributed by atoms with Crippen molar-refractivity contribution in [3.8, 4) is 22.8 Å². The Labute approximate surface area is 163 Å². The van der Waals surface area contributed by atoms with Gasteiger partial charge in [-0.2, -0.15) is 0 Å². The summed E-state index contributed by atoms with van der Waals surface area (Å²) in [6, 6.07) is 14.6. The van der Waals surface area contributed by atoms with Crippen molar-refractivity contribution < 1.29 is 14.6 Å². The van der Waals surface area contributed by atoms with Gasteiger partial charge in [0.25, 0.3) is 5.91 Å². The largest absolute Gasteiger partial charge is 0.507 e. The molecule has 0 spiro atoms. The number of nitrogens with zero attached hydrogens (tertiary/aromatic N) is 2. The summed E-state index contributed by atoms with van der Waals surface area (Å²) in [5, 5.41) is 10.2. The maximum absolute atomic E-state index is 13.2. The minimum atomic E-state index is -0.209. The maximum atomic E-state index is 13.2. The molecule has 1 aliphatic heterocycles. The fourth-order valence-corrected chi connectivity index (χ4v) is 3.70. The van der Waals surface area contributed by atoms with Gasteiger partial charge in [0.05, 0.1) is 30.6 Å². The number of likely N-dealkylation sites (tertiary alicyclic amines) is 1. The van der Waals surface area contributed by atoms with E-state index in [0.717, 1.165) is 36.3 Å². The molecule has 1 aliphatic rings. The third-order valence-corrected chi connectivity index (χ3v) is 5.19. The number of benzene rings is 2. The highest BCUT2D eigenvalue weighted by Gasteiger charge is 2.32. The zero-order chi connectivity index (χ0) is 19.5. The van der Waals surface area contributed by atoms with Crippen LogP contribution in [0.1, 0.15) is 41.5 Å². The van der Waals surface area contributed by atoms with E-state index < -0.39 is 0 Å². The van der Waals surface area contributed by atoms with Crippen molar-refractivity contribution in [2.45, 2.75) is 25.3 Å². The Balaban J connectivity index is 1.64. The standard InChI is InChI=1S/C22H23N3O3/c1-28-16-10-11-20(26)17(13-16)22(27)25-12-6-5-9-19(25)21-23-14-18(24-21)15-7-3-2-4-8-15/h2-4,7-8,10-11,13-14,19,26H,5-6,9,12H2,1H3,(H,23,24). The molecular formula is C22H23N3O3. The third-order valence-electron chi connectivity index (χ3n) is 5.19. The van der Waals surface area contributed by atoms with Gasteiger partial charge in [-0.05, 0) is 43.0 Å². The predicted molar refractivity (Wildman–Crippen MR) is 106 cm³/mol. The van der Waals surface area contributed by atoms with Crippen LogP contribution in [0.3, 0.4) is 0 Å². The molecule has 0 aliphatic carbocycles. The van der Waals surface area contributed by atoms with Crippen LogP contribution in [-0.2, 0) is 0 Å². The average Bonchev–Trinajstić information content (AvgIpc) is 3.24. The van der Waals surface area contributed by atoms with Gasteiger partial charge in [0.2, 0.25) is 0 Å². The normalized spacial score (nSPS) is 16.8. The van der Waals surface area contributed by atoms with Crippen molar-refractivity contribution in [3.05, 3.63) is 66.1 Å². The molecule has 28 heavy (non-hydrogen) atoms. The number of H-pyrrole nitrogens is 1. The molecule has 6 nitrogen and oxygen atoms in total. The average molecular weight is 377 g/mol. The van der Waals surface area contributed by atoms with Crippen LogP contribution in [0.5, 0.6) is 11.5 Å². The van der Waals surface area contributed by atoms with Crippen LogP contribution in [-0.4, -0.2) is 39.5 Å². The van der Waals surface area contributed by atoms with Crippen molar-refractivity contribution >= 4 is 5.91 Å². The second kappa shape index (κ2) is 7.76. The lowest BCUT2D eigenvalue weighted by atomic mass is 10.00. The quantitative estimate of drug-likeness (QED) is 0.716. The number of imidazole rings is 1. The summed E-state index contributed by atoms with van der Waals surface area (Å²) in [6.07, 6.45) is 4.60. The van der Waals surface area contributed by atoms with Gasteiger partial charge >= 0.3 is 0 Å². The lowest BCUT2D eigenvalue weighted by molar-refractivity contribution is 0.0597. The molecule has 3 aromatic rings. The van der Waals surface area contributed by atoms with Gasteiger partial charge in [0.15, 0.2) is 0 Å². The van der Waals surface area contributed by atoms with Gasteiger partial charge in [-0.15, -0.1) is 0 Å². The first kappa shape index (κ1) is 18.1. The van der Waals surface area contributed by atoms with Crippen LogP contribution in [0.25, 0.3) is 11.3 Å². The first-order valence-corrected chi connectivity index (χ1v) is 9.45. The number of nitrogens with one attached hydrogen (secondary N) is 1. The number of carbonyl (C=O) groups excluding carboxylic acids is 1. The van der Waals surface area contributed by atoms with E-state index in [9.17, 15) is 9.90 Å². The van der Waals surface area contributed by atoms with Crippen LogP contribution in [0.2, 0.25) is 0 Å². The summed E-state index contributed by atoms with van der Waals surface area (Å²) in [7, 11) is 1.54. The van der Waals surface area contributed by atoms with Crippen molar-refractivity contribution in [3.63, 3.8) is 0 Å². The number of carbonyl (C=O) groups is 1. The Morgan fingerprint density at radius 2 is 2.04 bits per heavy atom. The number of methoxy groups -OCH3 is 1. The van der Waals surface area contributed by atoms with Crippen molar-refractivity contribution in [1.82, 2.24) is 14.9 Å². The number of phenolic OH excluding ortho intramolecular Hbond substituents is 1. The number of phenols is 1. The minimum absolute atomic E-state index is 0.0421.